The Balaban J connectivity index is 3.38. The number of primary amides is 1. The number of hydrogen-bond donors (Lipinski definition) is 1. The molecule has 2 nitrogen and oxygen atoms in total. The average molecular weight is 360 g/mol. The minimum atomic E-state index is -0.374. The summed E-state index contributed by atoms with van der Waals surface area (Å²) >= 11 is 0. The molecule has 0 saturated heterocycles. The van der Waals surface area contributed by atoms with Crippen molar-refractivity contribution in [2.45, 2.75) is 97.3 Å². The Labute approximate surface area is 162 Å². The van der Waals surface area contributed by atoms with Gasteiger partial charge in [0, 0.05) is 5.57 Å². The van der Waals surface area contributed by atoms with Crippen LogP contribution in [0, 0.1) is 0 Å². The van der Waals surface area contributed by atoms with E-state index >= 15 is 0 Å². The van der Waals surface area contributed by atoms with Crippen molar-refractivity contribution in [3.05, 3.63) is 48.1 Å². The van der Waals surface area contributed by atoms with E-state index in [0.29, 0.717) is 5.57 Å². The van der Waals surface area contributed by atoms with Gasteiger partial charge in [-0.15, -0.1) is 0 Å². The van der Waals surface area contributed by atoms with Gasteiger partial charge >= 0.3 is 0 Å². The number of hydrogen-bond acceptors (Lipinski definition) is 1. The summed E-state index contributed by atoms with van der Waals surface area (Å²) in [6.45, 7) is 3.99. The standard InChI is InChI=1S/C24H41NO/c1-3-4-5-6-7-8-9-10-11-12-13-14-15-16-17-18-19-20-21-22-23(2)24(25)26/h16-22H,3-15H2,1-2H3,(H2,25,26)/b17-16+,19-18+,21-20+,23-22+. The highest BCUT2D eigenvalue weighted by atomic mass is 16.1. The van der Waals surface area contributed by atoms with Crippen molar-refractivity contribution in [2.75, 3.05) is 0 Å². The lowest BCUT2D eigenvalue weighted by molar-refractivity contribution is -0.114. The number of rotatable bonds is 17. The maximum Gasteiger partial charge on any atom is 0.244 e. The van der Waals surface area contributed by atoms with Crippen LogP contribution >= 0.6 is 0 Å². The van der Waals surface area contributed by atoms with Gasteiger partial charge in [-0.3, -0.25) is 4.79 Å². The van der Waals surface area contributed by atoms with Crippen molar-refractivity contribution in [3.8, 4) is 0 Å². The molecular formula is C24H41NO. The van der Waals surface area contributed by atoms with Crippen LogP contribution < -0.4 is 5.73 Å². The predicted molar refractivity (Wildman–Crippen MR) is 116 cm³/mol. The number of amides is 1. The van der Waals surface area contributed by atoms with E-state index in [0.717, 1.165) is 6.42 Å². The zero-order valence-corrected chi connectivity index (χ0v) is 17.2. The maximum absolute atomic E-state index is 10.8. The largest absolute Gasteiger partial charge is 0.366 e. The average Bonchev–Trinajstić information content (AvgIpc) is 2.63. The van der Waals surface area contributed by atoms with Gasteiger partial charge in [0.2, 0.25) is 5.91 Å². The van der Waals surface area contributed by atoms with Gasteiger partial charge in [-0.25, -0.2) is 0 Å². The number of unbranched alkanes of at least 4 members (excludes halogenated alkanes) is 12. The lowest BCUT2D eigenvalue weighted by atomic mass is 10.0. The Morgan fingerprint density at radius 1 is 0.692 bits per heavy atom. The van der Waals surface area contributed by atoms with Crippen LogP contribution in [0.4, 0.5) is 0 Å². The summed E-state index contributed by atoms with van der Waals surface area (Å²) in [6, 6.07) is 0. The van der Waals surface area contributed by atoms with Crippen LogP contribution in [0.25, 0.3) is 0 Å². The summed E-state index contributed by atoms with van der Waals surface area (Å²) in [6.07, 6.45) is 31.7. The third-order valence-electron chi connectivity index (χ3n) is 4.54. The minimum absolute atomic E-state index is 0.374. The maximum atomic E-state index is 10.8. The zero-order valence-electron chi connectivity index (χ0n) is 17.2. The molecule has 0 aromatic rings. The van der Waals surface area contributed by atoms with Crippen LogP contribution in [0.1, 0.15) is 97.3 Å². The Kier molecular flexibility index (Phi) is 18.6. The molecule has 0 heterocycles. The fourth-order valence-corrected chi connectivity index (χ4v) is 2.75. The number of carbonyl (C=O) groups excluding carboxylic acids is 1. The van der Waals surface area contributed by atoms with Crippen molar-refractivity contribution in [2.24, 2.45) is 5.73 Å². The first kappa shape index (κ1) is 24.4. The zero-order chi connectivity index (χ0) is 19.3. The Hall–Kier alpha value is -1.57. The molecule has 1 amide bonds. The van der Waals surface area contributed by atoms with Gasteiger partial charge < -0.3 is 5.73 Å². The van der Waals surface area contributed by atoms with E-state index in [-0.39, 0.29) is 5.91 Å². The van der Waals surface area contributed by atoms with Gasteiger partial charge in [0.25, 0.3) is 0 Å². The Bertz CT molecular complexity index is 443. The van der Waals surface area contributed by atoms with Gasteiger partial charge in [0.1, 0.15) is 0 Å². The van der Waals surface area contributed by atoms with E-state index in [1.807, 2.05) is 24.3 Å². The number of carbonyl (C=O) groups is 1. The molecule has 148 valence electrons. The van der Waals surface area contributed by atoms with Crippen LogP contribution in [0.3, 0.4) is 0 Å². The Morgan fingerprint density at radius 2 is 1.15 bits per heavy atom. The van der Waals surface area contributed by atoms with Gasteiger partial charge in [-0.05, 0) is 19.8 Å². The molecule has 0 radical (unpaired) electrons. The monoisotopic (exact) mass is 359 g/mol. The van der Waals surface area contributed by atoms with Gasteiger partial charge in [-0.1, -0.05) is 120 Å². The smallest absolute Gasteiger partial charge is 0.244 e. The molecule has 0 saturated carbocycles. The van der Waals surface area contributed by atoms with Crippen molar-refractivity contribution in [1.29, 1.82) is 0 Å². The fourth-order valence-electron chi connectivity index (χ4n) is 2.75. The summed E-state index contributed by atoms with van der Waals surface area (Å²) in [5.41, 5.74) is 5.71. The molecule has 0 aliphatic rings. The van der Waals surface area contributed by atoms with E-state index in [2.05, 4.69) is 19.1 Å². The molecule has 0 spiro atoms. The van der Waals surface area contributed by atoms with Gasteiger partial charge in [0.05, 0.1) is 0 Å². The predicted octanol–water partition coefficient (Wildman–Crippen LogP) is 7.18. The molecule has 2 heteroatoms. The number of nitrogens with two attached hydrogens (primary N) is 1. The molecule has 0 rings (SSSR count). The molecule has 0 fully saturated rings. The highest BCUT2D eigenvalue weighted by molar-refractivity contribution is 5.91. The van der Waals surface area contributed by atoms with Crippen LogP contribution in [-0.2, 0) is 4.79 Å². The van der Waals surface area contributed by atoms with Crippen LogP contribution in [0.5, 0.6) is 0 Å². The molecule has 0 aliphatic carbocycles. The second-order valence-electron chi connectivity index (χ2n) is 7.09. The molecule has 0 unspecified atom stereocenters. The molecule has 26 heavy (non-hydrogen) atoms. The normalized spacial score (nSPS) is 12.8. The summed E-state index contributed by atoms with van der Waals surface area (Å²) in [5, 5.41) is 0. The Morgan fingerprint density at radius 3 is 1.69 bits per heavy atom. The van der Waals surface area contributed by atoms with Crippen LogP contribution in [0.15, 0.2) is 48.1 Å². The van der Waals surface area contributed by atoms with E-state index in [4.69, 9.17) is 5.73 Å². The molecule has 0 atom stereocenters. The highest BCUT2D eigenvalue weighted by Crippen LogP contribution is 2.12. The molecule has 0 aliphatic heterocycles. The third kappa shape index (κ3) is 18.8. The molecule has 0 aromatic heterocycles. The summed E-state index contributed by atoms with van der Waals surface area (Å²) in [7, 11) is 0. The first-order chi connectivity index (χ1) is 12.7. The van der Waals surface area contributed by atoms with Gasteiger partial charge in [0.15, 0.2) is 0 Å². The summed E-state index contributed by atoms with van der Waals surface area (Å²) in [5.74, 6) is -0.374. The summed E-state index contributed by atoms with van der Waals surface area (Å²) < 4.78 is 0. The topological polar surface area (TPSA) is 43.1 Å². The van der Waals surface area contributed by atoms with Crippen molar-refractivity contribution >= 4 is 5.91 Å². The van der Waals surface area contributed by atoms with Crippen molar-refractivity contribution in [3.63, 3.8) is 0 Å². The van der Waals surface area contributed by atoms with Crippen LogP contribution in [0.2, 0.25) is 0 Å². The second kappa shape index (κ2) is 19.8. The quantitative estimate of drug-likeness (QED) is 0.167. The van der Waals surface area contributed by atoms with Crippen molar-refractivity contribution < 1.29 is 4.79 Å². The van der Waals surface area contributed by atoms with E-state index in [9.17, 15) is 4.79 Å². The number of allylic oxidation sites excluding steroid dienone is 7. The summed E-state index contributed by atoms with van der Waals surface area (Å²) in [4.78, 5) is 10.8. The van der Waals surface area contributed by atoms with E-state index < -0.39 is 0 Å². The van der Waals surface area contributed by atoms with E-state index in [1.165, 1.54) is 77.0 Å². The first-order valence-corrected chi connectivity index (χ1v) is 10.6. The van der Waals surface area contributed by atoms with E-state index in [1.54, 1.807) is 13.0 Å². The fraction of sp³-hybridized carbons (Fsp3) is 0.625. The third-order valence-corrected chi connectivity index (χ3v) is 4.54. The molecule has 2 N–H and O–H groups in total. The lowest BCUT2D eigenvalue weighted by Gasteiger charge is -2.02. The highest BCUT2D eigenvalue weighted by Gasteiger charge is 1.93. The lowest BCUT2D eigenvalue weighted by Crippen LogP contribution is -2.11. The molecular weight excluding hydrogens is 318 g/mol. The molecule has 0 bridgehead atoms. The van der Waals surface area contributed by atoms with Crippen LogP contribution in [-0.4, -0.2) is 5.91 Å². The first-order valence-electron chi connectivity index (χ1n) is 10.6. The second-order valence-corrected chi connectivity index (χ2v) is 7.09. The molecule has 0 aromatic carbocycles. The minimum Gasteiger partial charge on any atom is -0.366 e. The SMILES string of the molecule is CCCCCCCCCCCCCC/C=C/C=C/C=C/C=C(\C)C(N)=O. The van der Waals surface area contributed by atoms with Gasteiger partial charge in [-0.2, -0.15) is 0 Å². The van der Waals surface area contributed by atoms with Crippen molar-refractivity contribution in [1.82, 2.24) is 0 Å².